The molecule has 0 unspecified atom stereocenters. The largest absolute Gasteiger partial charge is 0.311 e. The zero-order chi connectivity index (χ0) is 14.9. The Balaban J connectivity index is 2.50. The lowest BCUT2D eigenvalue weighted by Crippen LogP contribution is -2.13. The predicted molar refractivity (Wildman–Crippen MR) is 60.7 cm³/mol. The third-order valence-electron chi connectivity index (χ3n) is 2.62. The van der Waals surface area contributed by atoms with Gasteiger partial charge in [-0.15, -0.1) is 0 Å². The maximum atomic E-state index is 13.6. The van der Waals surface area contributed by atoms with Crippen molar-refractivity contribution in [3.05, 3.63) is 47.0 Å². The first-order chi connectivity index (χ1) is 9.47. The van der Waals surface area contributed by atoms with Crippen molar-refractivity contribution in [2.24, 2.45) is 0 Å². The van der Waals surface area contributed by atoms with Gasteiger partial charge in [-0.1, -0.05) is 6.92 Å². The Hall–Kier alpha value is -1.96. The van der Waals surface area contributed by atoms with Gasteiger partial charge in [-0.3, -0.25) is 0 Å². The Labute approximate surface area is 111 Å². The average molecular weight is 291 g/mol. The number of halogens is 5. The van der Waals surface area contributed by atoms with Gasteiger partial charge in [0.05, 0.1) is 5.69 Å². The molecule has 0 aliphatic carbocycles. The maximum Gasteiger partial charge on any atom is 0.200 e. The van der Waals surface area contributed by atoms with Crippen LogP contribution < -0.4 is 5.32 Å². The molecular formula is C12H10F5N3. The zero-order valence-corrected chi connectivity index (χ0v) is 10.4. The van der Waals surface area contributed by atoms with Crippen LogP contribution in [-0.4, -0.2) is 16.3 Å². The summed E-state index contributed by atoms with van der Waals surface area (Å²) in [7, 11) is 0. The van der Waals surface area contributed by atoms with E-state index in [0.717, 1.165) is 6.20 Å². The van der Waals surface area contributed by atoms with Crippen LogP contribution in [0.2, 0.25) is 0 Å². The van der Waals surface area contributed by atoms with Crippen molar-refractivity contribution < 1.29 is 22.0 Å². The van der Waals surface area contributed by atoms with Gasteiger partial charge in [-0.2, -0.15) is 5.10 Å². The van der Waals surface area contributed by atoms with Gasteiger partial charge < -0.3 is 5.32 Å². The van der Waals surface area contributed by atoms with Crippen LogP contribution >= 0.6 is 0 Å². The smallest absolute Gasteiger partial charge is 0.200 e. The number of benzene rings is 1. The second-order valence-corrected chi connectivity index (χ2v) is 3.95. The summed E-state index contributed by atoms with van der Waals surface area (Å²) in [5, 5.41) is 6.69. The summed E-state index contributed by atoms with van der Waals surface area (Å²) < 4.78 is 66.8. The van der Waals surface area contributed by atoms with Gasteiger partial charge in [0.1, 0.15) is 5.69 Å². The minimum atomic E-state index is -2.19. The molecule has 0 bridgehead atoms. The first-order valence-electron chi connectivity index (χ1n) is 5.74. The third-order valence-corrected chi connectivity index (χ3v) is 2.62. The molecule has 2 rings (SSSR count). The fraction of sp³-hybridized carbons (Fsp3) is 0.250. The van der Waals surface area contributed by atoms with Gasteiger partial charge >= 0.3 is 0 Å². The summed E-state index contributed by atoms with van der Waals surface area (Å²) >= 11 is 0. The molecule has 1 aromatic heterocycles. The van der Waals surface area contributed by atoms with E-state index < -0.39 is 34.8 Å². The zero-order valence-electron chi connectivity index (χ0n) is 10.4. The minimum Gasteiger partial charge on any atom is -0.311 e. The lowest BCUT2D eigenvalue weighted by molar-refractivity contribution is 0.373. The molecule has 0 aliphatic heterocycles. The van der Waals surface area contributed by atoms with Crippen molar-refractivity contribution in [2.45, 2.75) is 13.5 Å². The van der Waals surface area contributed by atoms with Crippen LogP contribution in [0, 0.1) is 29.1 Å². The molecule has 1 N–H and O–H groups in total. The number of hydrogen-bond acceptors (Lipinski definition) is 2. The van der Waals surface area contributed by atoms with Crippen molar-refractivity contribution in [1.82, 2.24) is 15.1 Å². The summed E-state index contributed by atoms with van der Waals surface area (Å²) in [4.78, 5) is 0. The Bertz CT molecular complexity index is 609. The monoisotopic (exact) mass is 291 g/mol. The van der Waals surface area contributed by atoms with Gasteiger partial charge in [0.15, 0.2) is 23.3 Å². The van der Waals surface area contributed by atoms with Crippen molar-refractivity contribution in [2.75, 3.05) is 6.54 Å². The summed E-state index contributed by atoms with van der Waals surface area (Å²) in [5.74, 6) is -10.0. The molecule has 0 spiro atoms. The highest BCUT2D eigenvalue weighted by Crippen LogP contribution is 2.25. The van der Waals surface area contributed by atoms with E-state index in [1.165, 1.54) is 6.07 Å². The number of nitrogens with zero attached hydrogens (tertiary/aromatic N) is 2. The van der Waals surface area contributed by atoms with Crippen molar-refractivity contribution in [3.63, 3.8) is 0 Å². The van der Waals surface area contributed by atoms with Crippen molar-refractivity contribution in [3.8, 4) is 5.69 Å². The second kappa shape index (κ2) is 5.58. The average Bonchev–Trinajstić information content (AvgIpc) is 2.89. The topological polar surface area (TPSA) is 29.9 Å². The molecule has 1 heterocycles. The third kappa shape index (κ3) is 2.38. The quantitative estimate of drug-likeness (QED) is 0.533. The van der Waals surface area contributed by atoms with E-state index in [1.54, 1.807) is 0 Å². The van der Waals surface area contributed by atoms with Crippen molar-refractivity contribution in [1.29, 1.82) is 0 Å². The molecule has 1 aromatic carbocycles. The van der Waals surface area contributed by atoms with Crippen LogP contribution in [0.25, 0.3) is 5.69 Å². The molecule has 3 nitrogen and oxygen atoms in total. The molecule has 0 amide bonds. The number of aromatic nitrogens is 2. The molecular weight excluding hydrogens is 281 g/mol. The van der Waals surface area contributed by atoms with E-state index in [0.29, 0.717) is 23.5 Å². The number of nitrogens with one attached hydrogen (secondary N) is 1. The fourth-order valence-corrected chi connectivity index (χ4v) is 1.63. The SMILES string of the molecule is CCNCc1ccn(-c2c(F)c(F)c(F)c(F)c2F)n1. The molecule has 0 fully saturated rings. The first-order valence-corrected chi connectivity index (χ1v) is 5.74. The lowest BCUT2D eigenvalue weighted by Gasteiger charge is -2.08. The first kappa shape index (κ1) is 14.4. The molecule has 0 aliphatic rings. The fourth-order valence-electron chi connectivity index (χ4n) is 1.63. The summed E-state index contributed by atoms with van der Waals surface area (Å²) in [5.41, 5.74) is -0.681. The molecule has 108 valence electrons. The van der Waals surface area contributed by atoms with Crippen LogP contribution in [0.15, 0.2) is 12.3 Å². The van der Waals surface area contributed by atoms with Crippen LogP contribution in [-0.2, 0) is 6.54 Å². The van der Waals surface area contributed by atoms with E-state index in [2.05, 4.69) is 10.4 Å². The lowest BCUT2D eigenvalue weighted by atomic mass is 10.2. The Morgan fingerprint density at radius 2 is 1.55 bits per heavy atom. The van der Waals surface area contributed by atoms with Gasteiger partial charge in [0, 0.05) is 12.7 Å². The number of hydrogen-bond donors (Lipinski definition) is 1. The van der Waals surface area contributed by atoms with Gasteiger partial charge in [0.25, 0.3) is 0 Å². The molecule has 0 atom stereocenters. The summed E-state index contributed by atoms with van der Waals surface area (Å²) in [6.45, 7) is 2.81. The van der Waals surface area contributed by atoms with Crippen molar-refractivity contribution >= 4 is 0 Å². The van der Waals surface area contributed by atoms with E-state index in [1.807, 2.05) is 6.92 Å². The number of rotatable bonds is 4. The standard InChI is InChI=1S/C12H10F5N3/c1-2-18-5-6-3-4-20(19-6)12-10(16)8(14)7(13)9(15)11(12)17/h3-4,18H,2,5H2,1H3. The van der Waals surface area contributed by atoms with E-state index in [9.17, 15) is 22.0 Å². The molecule has 2 aromatic rings. The highest BCUT2D eigenvalue weighted by atomic mass is 19.2. The van der Waals surface area contributed by atoms with E-state index in [4.69, 9.17) is 0 Å². The van der Waals surface area contributed by atoms with Crippen LogP contribution in [0.5, 0.6) is 0 Å². The minimum absolute atomic E-state index is 0.318. The molecule has 0 radical (unpaired) electrons. The maximum absolute atomic E-state index is 13.6. The summed E-state index contributed by atoms with van der Waals surface area (Å²) in [6.07, 6.45) is 1.13. The Morgan fingerprint density at radius 3 is 2.10 bits per heavy atom. The van der Waals surface area contributed by atoms with Gasteiger partial charge in [-0.25, -0.2) is 26.6 Å². The molecule has 0 saturated heterocycles. The molecule has 20 heavy (non-hydrogen) atoms. The van der Waals surface area contributed by atoms with Crippen LogP contribution in [0.4, 0.5) is 22.0 Å². The van der Waals surface area contributed by atoms with E-state index >= 15 is 0 Å². The highest BCUT2D eigenvalue weighted by Gasteiger charge is 2.27. The molecule has 8 heteroatoms. The van der Waals surface area contributed by atoms with Crippen LogP contribution in [0.1, 0.15) is 12.6 Å². The highest BCUT2D eigenvalue weighted by molar-refractivity contribution is 5.37. The summed E-state index contributed by atoms with van der Waals surface area (Å²) in [6, 6.07) is 1.42. The van der Waals surface area contributed by atoms with Gasteiger partial charge in [-0.05, 0) is 12.6 Å². The Morgan fingerprint density at radius 1 is 1.00 bits per heavy atom. The van der Waals surface area contributed by atoms with Crippen LogP contribution in [0.3, 0.4) is 0 Å². The predicted octanol–water partition coefficient (Wildman–Crippen LogP) is 2.68. The normalized spacial score (nSPS) is 11.1. The van der Waals surface area contributed by atoms with Gasteiger partial charge in [0.2, 0.25) is 5.82 Å². The second-order valence-electron chi connectivity index (χ2n) is 3.95. The Kier molecular flexibility index (Phi) is 4.03. The molecule has 0 saturated carbocycles. The van der Waals surface area contributed by atoms with E-state index in [-0.39, 0.29) is 0 Å².